The second-order valence-electron chi connectivity index (χ2n) is 13.2. The third-order valence-corrected chi connectivity index (χ3v) is 11.8. The van der Waals surface area contributed by atoms with Crippen LogP contribution in [0.1, 0.15) is 44.1 Å². The number of alkyl halides is 1. The minimum Gasteiger partial charge on any atom is -0.483 e. The molecule has 2 aromatic carbocycles. The van der Waals surface area contributed by atoms with Crippen molar-refractivity contribution < 1.29 is 27.4 Å². The molecule has 4 fully saturated rings. The third kappa shape index (κ3) is 4.41. The van der Waals surface area contributed by atoms with Gasteiger partial charge in [-0.15, -0.1) is 11.3 Å². The number of fused-ring (bicyclic) bond motifs is 3. The molecule has 5 aliphatic rings. The molecule has 2 aromatic heterocycles. The van der Waals surface area contributed by atoms with E-state index in [2.05, 4.69) is 14.8 Å². The molecule has 9 rings (SSSR count). The van der Waals surface area contributed by atoms with Gasteiger partial charge in [0.2, 0.25) is 0 Å². The van der Waals surface area contributed by atoms with E-state index < -0.39 is 29.4 Å². The summed E-state index contributed by atoms with van der Waals surface area (Å²) in [5.41, 5.74) is 5.73. The molecule has 1 saturated carbocycles. The zero-order valence-corrected chi connectivity index (χ0v) is 26.8. The van der Waals surface area contributed by atoms with Crippen LogP contribution in [0, 0.1) is 23.0 Å². The minimum atomic E-state index is -0.934. The first-order valence-electron chi connectivity index (χ1n) is 16.0. The van der Waals surface area contributed by atoms with Crippen molar-refractivity contribution in [2.45, 2.75) is 68.4 Å². The van der Waals surface area contributed by atoms with Crippen molar-refractivity contribution in [3.05, 3.63) is 34.4 Å². The second kappa shape index (κ2) is 10.7. The van der Waals surface area contributed by atoms with Crippen molar-refractivity contribution in [2.24, 2.45) is 0 Å². The van der Waals surface area contributed by atoms with Crippen molar-refractivity contribution in [3.8, 4) is 29.0 Å². The number of nitrogen functional groups attached to an aromatic ring is 1. The molecule has 2 N–H and O–H groups in total. The molecule has 1 aliphatic carbocycles. The quantitative estimate of drug-likeness (QED) is 0.257. The third-order valence-electron chi connectivity index (χ3n) is 10.5. The number of hydrogen-bond acceptors (Lipinski definition) is 10. The fourth-order valence-corrected chi connectivity index (χ4v) is 9.50. The van der Waals surface area contributed by atoms with Gasteiger partial charge in [0.05, 0.1) is 38.9 Å². The summed E-state index contributed by atoms with van der Waals surface area (Å²) in [5, 5.41) is 10.5. The number of aromatic nitrogens is 2. The first kappa shape index (κ1) is 29.6. The van der Waals surface area contributed by atoms with E-state index >= 15 is 8.78 Å². The molecule has 2 unspecified atom stereocenters. The smallest absolute Gasteiger partial charge is 0.319 e. The second-order valence-corrected chi connectivity index (χ2v) is 14.7. The van der Waals surface area contributed by atoms with E-state index in [0.29, 0.717) is 43.8 Å². The zero-order chi connectivity index (χ0) is 32.2. The van der Waals surface area contributed by atoms with E-state index in [1.165, 1.54) is 12.1 Å². The summed E-state index contributed by atoms with van der Waals surface area (Å²) in [6.07, 6.45) is 3.28. The Morgan fingerprint density at radius 3 is 2.87 bits per heavy atom. The lowest BCUT2D eigenvalue weighted by atomic mass is 9.95. The van der Waals surface area contributed by atoms with Gasteiger partial charge in [-0.3, -0.25) is 4.90 Å². The Morgan fingerprint density at radius 1 is 1.21 bits per heavy atom. The molecular weight excluding hydrogens is 653 g/mol. The lowest BCUT2D eigenvalue weighted by Gasteiger charge is -2.38. The molecule has 4 aliphatic heterocycles. The predicted molar refractivity (Wildman–Crippen MR) is 172 cm³/mol. The summed E-state index contributed by atoms with van der Waals surface area (Å²) in [6.45, 7) is 2.17. The number of anilines is 2. The maximum Gasteiger partial charge on any atom is 0.319 e. The molecule has 0 bridgehead atoms. The Hall–Kier alpha value is -3.57. The number of hydrogen-bond donors (Lipinski definition) is 1. The summed E-state index contributed by atoms with van der Waals surface area (Å²) in [4.78, 5) is 13.9. The molecule has 47 heavy (non-hydrogen) atoms. The Morgan fingerprint density at radius 2 is 2.06 bits per heavy atom. The largest absolute Gasteiger partial charge is 0.483 e. The summed E-state index contributed by atoms with van der Waals surface area (Å²) >= 11 is 8.05. The van der Waals surface area contributed by atoms with Crippen molar-refractivity contribution >= 4 is 54.7 Å². The van der Waals surface area contributed by atoms with Crippen LogP contribution in [0.2, 0.25) is 5.02 Å². The maximum atomic E-state index is 17.2. The number of ether oxygens (including phenoxy) is 3. The highest BCUT2D eigenvalue weighted by atomic mass is 35.5. The number of nitrogens with two attached hydrogens (primary N) is 1. The highest BCUT2D eigenvalue weighted by Crippen LogP contribution is 2.53. The van der Waals surface area contributed by atoms with Crippen LogP contribution < -0.4 is 20.1 Å². The number of halogens is 4. The molecule has 4 atom stereocenters. The predicted octanol–water partition coefficient (Wildman–Crippen LogP) is 6.37. The molecule has 14 heteroatoms. The Labute approximate surface area is 276 Å². The van der Waals surface area contributed by atoms with Crippen LogP contribution >= 0.6 is 22.9 Å². The number of nitrogens with zero attached hydrogens (tertiary/aromatic N) is 5. The molecule has 3 saturated heterocycles. The Bertz CT molecular complexity index is 2020. The summed E-state index contributed by atoms with van der Waals surface area (Å²) in [5.74, 6) is -0.700. The first-order valence-corrected chi connectivity index (χ1v) is 17.2. The van der Waals surface area contributed by atoms with Crippen LogP contribution in [0.3, 0.4) is 0 Å². The monoisotopic (exact) mass is 682 g/mol. The minimum absolute atomic E-state index is 0.0212. The summed E-state index contributed by atoms with van der Waals surface area (Å²) < 4.78 is 65.7. The topological polar surface area (TPSA) is 110 Å². The zero-order valence-electron chi connectivity index (χ0n) is 25.2. The van der Waals surface area contributed by atoms with Crippen LogP contribution in [0.25, 0.3) is 32.1 Å². The summed E-state index contributed by atoms with van der Waals surface area (Å²) in [6, 6.07) is 4.67. The molecular formula is C33H30ClF3N6O3S. The van der Waals surface area contributed by atoms with Crippen LogP contribution in [0.5, 0.6) is 11.8 Å². The molecule has 0 radical (unpaired) electrons. The Kier molecular flexibility index (Phi) is 6.74. The SMILES string of the molecule is N#Cc1c(N)sc2c(F)ccc(-c3c(Cl)c4c5c(nc(OC[C@@]67CCCN6C[C@H](F)C7)nc5c3F)N(C3CC3)C3CCOCC3O4)c12. The van der Waals surface area contributed by atoms with Gasteiger partial charge in [0.15, 0.2) is 11.6 Å². The molecule has 9 nitrogen and oxygen atoms in total. The van der Waals surface area contributed by atoms with Crippen LogP contribution in [0.15, 0.2) is 12.1 Å². The van der Waals surface area contributed by atoms with Gasteiger partial charge < -0.3 is 24.8 Å². The molecule has 6 heterocycles. The van der Waals surface area contributed by atoms with Crippen LogP contribution in [-0.4, -0.2) is 77.7 Å². The van der Waals surface area contributed by atoms with Gasteiger partial charge in [0, 0.05) is 36.6 Å². The fraction of sp³-hybridized carbons (Fsp3) is 0.485. The Balaban J connectivity index is 1.28. The van der Waals surface area contributed by atoms with Gasteiger partial charge in [-0.05, 0) is 50.3 Å². The van der Waals surface area contributed by atoms with E-state index in [4.69, 9.17) is 36.5 Å². The van der Waals surface area contributed by atoms with Crippen molar-refractivity contribution in [2.75, 3.05) is 43.5 Å². The number of nitriles is 1. The highest BCUT2D eigenvalue weighted by molar-refractivity contribution is 7.23. The number of rotatable bonds is 5. The van der Waals surface area contributed by atoms with Crippen LogP contribution in [-0.2, 0) is 4.74 Å². The van der Waals surface area contributed by atoms with Gasteiger partial charge in [-0.25, -0.2) is 13.2 Å². The van der Waals surface area contributed by atoms with E-state index in [9.17, 15) is 9.65 Å². The van der Waals surface area contributed by atoms with Crippen molar-refractivity contribution in [1.82, 2.24) is 14.9 Å². The number of thiophene rings is 1. The molecule has 244 valence electrons. The van der Waals surface area contributed by atoms with Crippen molar-refractivity contribution in [1.29, 1.82) is 5.26 Å². The van der Waals surface area contributed by atoms with E-state index in [0.717, 1.165) is 43.6 Å². The fourth-order valence-electron chi connectivity index (χ4n) is 8.23. The first-order chi connectivity index (χ1) is 22.8. The average Bonchev–Trinajstić information content (AvgIpc) is 3.65. The molecule has 0 amide bonds. The summed E-state index contributed by atoms with van der Waals surface area (Å²) in [7, 11) is 0. The van der Waals surface area contributed by atoms with Gasteiger partial charge in [-0.2, -0.15) is 15.2 Å². The van der Waals surface area contributed by atoms with E-state index in [-0.39, 0.29) is 72.8 Å². The van der Waals surface area contributed by atoms with Gasteiger partial charge in [0.1, 0.15) is 47.1 Å². The van der Waals surface area contributed by atoms with E-state index in [1.54, 1.807) is 0 Å². The van der Waals surface area contributed by atoms with Crippen molar-refractivity contribution in [3.63, 3.8) is 0 Å². The standard InChI is InChI=1S/C33H30ClF3N6O3S/c34-25-23(17-4-5-19(36)29-22(17)18(11-38)30(39)47-29)26(37)27-24-28(25)46-21-13-44-9-6-20(21)43(16-2-3-16)31(24)41-32(40-27)45-14-33-7-1-8-42(33)12-15(35)10-33/h4-5,15-16,20-21H,1-3,6-10,12-14,39H2/t15-,20?,21?,33+/m1/s1. The normalized spacial score (nSPS) is 27.0. The van der Waals surface area contributed by atoms with Gasteiger partial charge in [0.25, 0.3) is 0 Å². The van der Waals surface area contributed by atoms with Gasteiger partial charge >= 0.3 is 6.01 Å². The average molecular weight is 683 g/mol. The number of benzene rings is 2. The molecule has 0 spiro atoms. The van der Waals surface area contributed by atoms with Gasteiger partial charge in [-0.1, -0.05) is 17.7 Å². The van der Waals surface area contributed by atoms with Crippen LogP contribution in [0.4, 0.5) is 24.0 Å². The highest BCUT2D eigenvalue weighted by Gasteiger charge is 2.50. The molecule has 4 aromatic rings. The lowest BCUT2D eigenvalue weighted by molar-refractivity contribution is -0.00591. The lowest BCUT2D eigenvalue weighted by Crippen LogP contribution is -2.52. The van der Waals surface area contributed by atoms with E-state index in [1.807, 2.05) is 6.07 Å². The maximum absolute atomic E-state index is 17.2.